The van der Waals surface area contributed by atoms with Crippen LogP contribution in [0.5, 0.6) is 0 Å². The van der Waals surface area contributed by atoms with Crippen molar-refractivity contribution in [2.45, 2.75) is 79.6 Å². The predicted octanol–water partition coefficient (Wildman–Crippen LogP) is 5.78. The lowest BCUT2D eigenvalue weighted by atomic mass is 10.0. The maximum Gasteiger partial charge on any atom is 0.249 e. The third kappa shape index (κ3) is 12.5. The summed E-state index contributed by atoms with van der Waals surface area (Å²) in [6.07, 6.45) is 11.1. The second kappa shape index (κ2) is 16.1. The molecule has 0 saturated carbocycles. The van der Waals surface area contributed by atoms with Gasteiger partial charge in [0.25, 0.3) is 0 Å². The van der Waals surface area contributed by atoms with Gasteiger partial charge in [-0.15, -0.1) is 6.58 Å². The predicted molar refractivity (Wildman–Crippen MR) is 124 cm³/mol. The fourth-order valence-electron chi connectivity index (χ4n) is 2.81. The number of hydrogen-bond donors (Lipinski definition) is 2. The fourth-order valence-corrected chi connectivity index (χ4v) is 2.81. The average molecular weight is 390 g/mol. The first-order valence-corrected chi connectivity index (χ1v) is 10.9. The average Bonchev–Trinajstić information content (AvgIpc) is 2.65. The van der Waals surface area contributed by atoms with Gasteiger partial charge in [0.15, 0.2) is 0 Å². The zero-order chi connectivity index (χ0) is 21.4. The Hall–Kier alpha value is -1.84. The van der Waals surface area contributed by atoms with Crippen LogP contribution in [0.1, 0.15) is 79.6 Å². The summed E-state index contributed by atoms with van der Waals surface area (Å²) in [7, 11) is 0. The van der Waals surface area contributed by atoms with Gasteiger partial charge in [-0.25, -0.2) is 0 Å². The van der Waals surface area contributed by atoms with E-state index < -0.39 is 0 Å². The van der Waals surface area contributed by atoms with E-state index in [1.807, 2.05) is 13.0 Å². The summed E-state index contributed by atoms with van der Waals surface area (Å²) in [5.74, 6) is 1.07. The summed E-state index contributed by atoms with van der Waals surface area (Å²) in [5, 5.41) is 6.29. The summed E-state index contributed by atoms with van der Waals surface area (Å²) in [4.78, 5) is 17.1. The van der Waals surface area contributed by atoms with Crippen LogP contribution in [0.4, 0.5) is 0 Å². The summed E-state index contributed by atoms with van der Waals surface area (Å²) in [5.41, 5.74) is 2.42. The molecule has 1 unspecified atom stereocenters. The van der Waals surface area contributed by atoms with Gasteiger partial charge >= 0.3 is 0 Å². The van der Waals surface area contributed by atoms with E-state index in [4.69, 9.17) is 0 Å². The maximum atomic E-state index is 12.6. The molecule has 0 aliphatic carbocycles. The van der Waals surface area contributed by atoms with Crippen molar-refractivity contribution >= 4 is 12.2 Å². The molecule has 0 radical (unpaired) electrons. The zero-order valence-corrected chi connectivity index (χ0v) is 18.9. The molecule has 0 aliphatic heterocycles. The quantitative estimate of drug-likeness (QED) is 0.0878. The molecule has 0 spiro atoms. The van der Waals surface area contributed by atoms with Crippen LogP contribution in [-0.4, -0.2) is 25.3 Å². The standard InChI is InChI=1S/C24H43N3O/c1-8-10-11-12-14-20(5)17-26-24(28)22(7)23(21(6)13-9-2)27-18-25-16-15-19(3)4/h8,18-20H,1,6,9-17H2,2-5,7H3,(H,25,27)(H,26,28)/b23-22-. The molecule has 2 N–H and O–H groups in total. The molecule has 1 atom stereocenters. The molecule has 28 heavy (non-hydrogen) atoms. The SMILES string of the molecule is C=CCCCCC(C)CNC(=O)/C(C)=C(\NC=NCCC(C)C)C(=C)CCC. The molecule has 0 aromatic heterocycles. The second-order valence-electron chi connectivity index (χ2n) is 8.10. The van der Waals surface area contributed by atoms with Gasteiger partial charge in [0.05, 0.1) is 12.0 Å². The molecule has 0 rings (SSSR count). The number of carbonyl (C=O) groups excluding carboxylic acids is 1. The van der Waals surface area contributed by atoms with Crippen molar-refractivity contribution in [1.29, 1.82) is 0 Å². The summed E-state index contributed by atoms with van der Waals surface area (Å²) >= 11 is 0. The highest BCUT2D eigenvalue weighted by Crippen LogP contribution is 2.16. The van der Waals surface area contributed by atoms with Crippen LogP contribution in [0, 0.1) is 11.8 Å². The molecule has 0 saturated heterocycles. The van der Waals surface area contributed by atoms with Crippen LogP contribution in [0.15, 0.2) is 41.1 Å². The van der Waals surface area contributed by atoms with E-state index in [2.05, 4.69) is 56.5 Å². The van der Waals surface area contributed by atoms with E-state index in [0.717, 1.165) is 49.9 Å². The molecule has 0 fully saturated rings. The molecule has 0 aromatic rings. The van der Waals surface area contributed by atoms with Gasteiger partial charge in [-0.1, -0.05) is 53.2 Å². The number of amides is 1. The Bertz CT molecular complexity index is 532. The number of nitrogens with zero attached hydrogens (tertiary/aromatic N) is 1. The van der Waals surface area contributed by atoms with Crippen LogP contribution < -0.4 is 10.6 Å². The van der Waals surface area contributed by atoms with Crippen molar-refractivity contribution in [1.82, 2.24) is 10.6 Å². The van der Waals surface area contributed by atoms with Crippen molar-refractivity contribution in [2.75, 3.05) is 13.1 Å². The highest BCUT2D eigenvalue weighted by molar-refractivity contribution is 5.94. The van der Waals surface area contributed by atoms with Crippen molar-refractivity contribution in [2.24, 2.45) is 16.8 Å². The van der Waals surface area contributed by atoms with Gasteiger partial charge in [0.1, 0.15) is 0 Å². The van der Waals surface area contributed by atoms with E-state index in [1.54, 1.807) is 6.34 Å². The van der Waals surface area contributed by atoms with Crippen molar-refractivity contribution in [3.63, 3.8) is 0 Å². The van der Waals surface area contributed by atoms with Gasteiger partial charge in [0.2, 0.25) is 5.91 Å². The van der Waals surface area contributed by atoms with Gasteiger partial charge < -0.3 is 10.6 Å². The smallest absolute Gasteiger partial charge is 0.249 e. The van der Waals surface area contributed by atoms with E-state index in [0.29, 0.717) is 24.0 Å². The largest absolute Gasteiger partial charge is 0.352 e. The minimum atomic E-state index is -0.0340. The number of allylic oxidation sites excluding steroid dienone is 2. The summed E-state index contributed by atoms with van der Waals surface area (Å²) in [6.45, 7) is 19.9. The Morgan fingerprint density at radius 2 is 1.89 bits per heavy atom. The van der Waals surface area contributed by atoms with Crippen molar-refractivity contribution in [3.05, 3.63) is 36.1 Å². The normalized spacial score (nSPS) is 13.4. The Kier molecular flexibility index (Phi) is 15.1. The summed E-state index contributed by atoms with van der Waals surface area (Å²) in [6, 6.07) is 0. The number of unbranched alkanes of at least 4 members (excludes halogenated alkanes) is 2. The lowest BCUT2D eigenvalue weighted by Crippen LogP contribution is -2.31. The number of hydrogen-bond acceptors (Lipinski definition) is 2. The second-order valence-corrected chi connectivity index (χ2v) is 8.10. The van der Waals surface area contributed by atoms with Gasteiger partial charge in [-0.2, -0.15) is 0 Å². The van der Waals surface area contributed by atoms with Crippen LogP contribution >= 0.6 is 0 Å². The third-order valence-corrected chi connectivity index (χ3v) is 4.72. The molecule has 4 heteroatoms. The number of carbonyl (C=O) groups is 1. The van der Waals surface area contributed by atoms with Crippen LogP contribution in [0.25, 0.3) is 0 Å². The van der Waals surface area contributed by atoms with E-state index >= 15 is 0 Å². The highest BCUT2D eigenvalue weighted by atomic mass is 16.1. The highest BCUT2D eigenvalue weighted by Gasteiger charge is 2.13. The van der Waals surface area contributed by atoms with Gasteiger partial charge in [-0.05, 0) is 56.4 Å². The molecule has 1 amide bonds. The maximum absolute atomic E-state index is 12.6. The van der Waals surface area contributed by atoms with E-state index in [1.165, 1.54) is 12.8 Å². The van der Waals surface area contributed by atoms with Gasteiger partial charge in [0, 0.05) is 18.7 Å². The van der Waals surface area contributed by atoms with Crippen LogP contribution in [0.2, 0.25) is 0 Å². The third-order valence-electron chi connectivity index (χ3n) is 4.72. The monoisotopic (exact) mass is 389 g/mol. The van der Waals surface area contributed by atoms with Crippen molar-refractivity contribution < 1.29 is 4.79 Å². The molecular weight excluding hydrogens is 346 g/mol. The zero-order valence-electron chi connectivity index (χ0n) is 18.9. The lowest BCUT2D eigenvalue weighted by Gasteiger charge is -2.16. The first kappa shape index (κ1) is 26.2. The minimum Gasteiger partial charge on any atom is -0.352 e. The molecule has 0 aliphatic rings. The van der Waals surface area contributed by atoms with Gasteiger partial charge in [-0.3, -0.25) is 9.79 Å². The summed E-state index contributed by atoms with van der Waals surface area (Å²) < 4.78 is 0. The molecular formula is C24H43N3O. The lowest BCUT2D eigenvalue weighted by molar-refractivity contribution is -0.117. The number of rotatable bonds is 16. The molecule has 0 heterocycles. The van der Waals surface area contributed by atoms with Crippen LogP contribution in [0.3, 0.4) is 0 Å². The first-order chi connectivity index (χ1) is 13.3. The Morgan fingerprint density at radius 1 is 1.18 bits per heavy atom. The molecule has 4 nitrogen and oxygen atoms in total. The molecule has 160 valence electrons. The number of aliphatic imine (C=N–C) groups is 1. The number of nitrogens with one attached hydrogen (secondary N) is 2. The van der Waals surface area contributed by atoms with Crippen LogP contribution in [-0.2, 0) is 4.79 Å². The topological polar surface area (TPSA) is 53.5 Å². The first-order valence-electron chi connectivity index (χ1n) is 10.9. The Balaban J connectivity index is 4.79. The Morgan fingerprint density at radius 3 is 2.50 bits per heavy atom. The van der Waals surface area contributed by atoms with Crippen molar-refractivity contribution in [3.8, 4) is 0 Å². The fraction of sp³-hybridized carbons (Fsp3) is 0.667. The van der Waals surface area contributed by atoms with E-state index in [9.17, 15) is 4.79 Å². The molecule has 0 bridgehead atoms. The Labute approximate surface area is 173 Å². The molecule has 0 aromatic carbocycles. The van der Waals surface area contributed by atoms with E-state index in [-0.39, 0.29) is 5.91 Å². The minimum absolute atomic E-state index is 0.0340.